The minimum Gasteiger partial charge on any atom is -0.424 e. The molecule has 2 unspecified atom stereocenters. The van der Waals surface area contributed by atoms with E-state index in [0.717, 1.165) is 43.1 Å². The lowest BCUT2D eigenvalue weighted by Crippen LogP contribution is -2.68. The largest absolute Gasteiger partial charge is 0.424 e. The van der Waals surface area contributed by atoms with Gasteiger partial charge in [0.15, 0.2) is 0 Å². The molecule has 7 nitrogen and oxygen atoms in total. The van der Waals surface area contributed by atoms with Crippen LogP contribution < -0.4 is 4.90 Å². The van der Waals surface area contributed by atoms with Crippen molar-refractivity contribution in [2.24, 2.45) is 0 Å². The van der Waals surface area contributed by atoms with Crippen LogP contribution in [0.5, 0.6) is 0 Å². The van der Waals surface area contributed by atoms with Gasteiger partial charge >= 0.3 is 0 Å². The summed E-state index contributed by atoms with van der Waals surface area (Å²) in [6, 6.07) is 3.11. The molecule has 2 aromatic heterocycles. The average molecular weight is 312 g/mol. The summed E-state index contributed by atoms with van der Waals surface area (Å²) < 4.78 is 5.81. The SMILES string of the molecule is Cc1nccc(N2CC3CC(C2)N3Cc2nnc(C3CC3)o2)n1. The van der Waals surface area contributed by atoms with Crippen molar-refractivity contribution in [3.8, 4) is 0 Å². The molecule has 3 aliphatic heterocycles. The molecule has 2 bridgehead atoms. The first-order valence-electron chi connectivity index (χ1n) is 8.39. The number of hydrogen-bond donors (Lipinski definition) is 0. The minimum atomic E-state index is 0.531. The summed E-state index contributed by atoms with van der Waals surface area (Å²) in [5.41, 5.74) is 0. The lowest BCUT2D eigenvalue weighted by atomic mass is 9.87. The normalized spacial score (nSPS) is 27.1. The van der Waals surface area contributed by atoms with E-state index in [0.29, 0.717) is 18.0 Å². The molecule has 5 heterocycles. The molecule has 23 heavy (non-hydrogen) atoms. The van der Waals surface area contributed by atoms with Crippen LogP contribution in [-0.2, 0) is 6.54 Å². The summed E-state index contributed by atoms with van der Waals surface area (Å²) in [7, 11) is 0. The maximum atomic E-state index is 5.81. The van der Waals surface area contributed by atoms with E-state index < -0.39 is 0 Å². The van der Waals surface area contributed by atoms with Crippen LogP contribution >= 0.6 is 0 Å². The fraction of sp³-hybridized carbons (Fsp3) is 0.625. The van der Waals surface area contributed by atoms with Gasteiger partial charge in [0.1, 0.15) is 11.6 Å². The van der Waals surface area contributed by atoms with Gasteiger partial charge in [-0.25, -0.2) is 9.97 Å². The summed E-state index contributed by atoms with van der Waals surface area (Å²) in [5, 5.41) is 8.41. The lowest BCUT2D eigenvalue weighted by molar-refractivity contribution is -0.0152. The van der Waals surface area contributed by atoms with E-state index in [9.17, 15) is 0 Å². The Labute approximate surface area is 134 Å². The summed E-state index contributed by atoms with van der Waals surface area (Å²) in [6.45, 7) is 4.74. The number of rotatable bonds is 4. The molecule has 0 aromatic carbocycles. The Bertz CT molecular complexity index is 715. The smallest absolute Gasteiger partial charge is 0.230 e. The first-order chi connectivity index (χ1) is 11.3. The summed E-state index contributed by atoms with van der Waals surface area (Å²) in [6.07, 6.45) is 5.49. The standard InChI is InChI=1S/C16H20N6O/c1-10-17-5-4-14(18-10)21-7-12-6-13(8-21)22(12)9-15-19-20-16(23-15)11-2-3-11/h4-5,11-13H,2-3,6-9H2,1H3. The second-order valence-electron chi connectivity index (χ2n) is 6.89. The molecule has 2 atom stereocenters. The van der Waals surface area contributed by atoms with Gasteiger partial charge in [-0.2, -0.15) is 0 Å². The zero-order valence-electron chi connectivity index (χ0n) is 13.2. The molecule has 6 rings (SSSR count). The van der Waals surface area contributed by atoms with Gasteiger partial charge in [0.2, 0.25) is 11.8 Å². The van der Waals surface area contributed by atoms with Gasteiger partial charge in [-0.3, -0.25) is 4.90 Å². The molecule has 4 fully saturated rings. The van der Waals surface area contributed by atoms with Crippen LogP contribution in [0.1, 0.15) is 42.8 Å². The predicted molar refractivity (Wildman–Crippen MR) is 83.0 cm³/mol. The molecule has 0 N–H and O–H groups in total. The van der Waals surface area contributed by atoms with Crippen molar-refractivity contribution in [3.63, 3.8) is 0 Å². The Hall–Kier alpha value is -2.02. The first kappa shape index (κ1) is 13.4. The van der Waals surface area contributed by atoms with Gasteiger partial charge in [0.25, 0.3) is 0 Å². The van der Waals surface area contributed by atoms with Gasteiger partial charge in [-0.1, -0.05) is 0 Å². The number of piperidine rings is 1. The summed E-state index contributed by atoms with van der Waals surface area (Å²) in [4.78, 5) is 13.6. The average Bonchev–Trinajstić information content (AvgIpc) is 3.31. The number of aromatic nitrogens is 4. The minimum absolute atomic E-state index is 0.531. The Morgan fingerprint density at radius 2 is 2.04 bits per heavy atom. The fourth-order valence-electron chi connectivity index (χ4n) is 3.73. The molecule has 3 saturated heterocycles. The van der Waals surface area contributed by atoms with Gasteiger partial charge in [-0.15, -0.1) is 10.2 Å². The molecule has 2 aromatic rings. The highest BCUT2D eigenvalue weighted by molar-refractivity contribution is 5.40. The van der Waals surface area contributed by atoms with E-state index in [-0.39, 0.29) is 0 Å². The molecule has 120 valence electrons. The van der Waals surface area contributed by atoms with E-state index >= 15 is 0 Å². The third kappa shape index (κ3) is 2.39. The number of fused-ring (bicyclic) bond motifs is 2. The molecule has 0 amide bonds. The van der Waals surface area contributed by atoms with Crippen molar-refractivity contribution in [1.82, 2.24) is 25.1 Å². The third-order valence-corrected chi connectivity index (χ3v) is 5.16. The van der Waals surface area contributed by atoms with Crippen LogP contribution in [0.3, 0.4) is 0 Å². The lowest BCUT2D eigenvalue weighted by Gasteiger charge is -2.56. The van der Waals surface area contributed by atoms with Crippen LogP contribution in [0.2, 0.25) is 0 Å². The maximum absolute atomic E-state index is 5.81. The summed E-state index contributed by atoms with van der Waals surface area (Å²) in [5.74, 6) is 4.01. The second kappa shape index (κ2) is 4.99. The molecule has 1 saturated carbocycles. The van der Waals surface area contributed by atoms with Crippen molar-refractivity contribution in [2.45, 2.75) is 50.7 Å². The molecule has 0 spiro atoms. The zero-order chi connectivity index (χ0) is 15.4. The second-order valence-corrected chi connectivity index (χ2v) is 6.89. The number of piperazine rings is 1. The molecular weight excluding hydrogens is 292 g/mol. The van der Waals surface area contributed by atoms with Gasteiger partial charge in [0, 0.05) is 37.3 Å². The number of anilines is 1. The van der Waals surface area contributed by atoms with E-state index in [1.54, 1.807) is 0 Å². The maximum Gasteiger partial charge on any atom is 0.230 e. The Morgan fingerprint density at radius 3 is 2.78 bits per heavy atom. The van der Waals surface area contributed by atoms with Crippen LogP contribution in [0.4, 0.5) is 5.82 Å². The zero-order valence-corrected chi connectivity index (χ0v) is 13.2. The molecule has 1 aliphatic carbocycles. The van der Waals surface area contributed by atoms with E-state index in [1.807, 2.05) is 19.2 Å². The van der Waals surface area contributed by atoms with E-state index in [4.69, 9.17) is 4.42 Å². The molecular formula is C16H20N6O. The van der Waals surface area contributed by atoms with Crippen molar-refractivity contribution in [1.29, 1.82) is 0 Å². The van der Waals surface area contributed by atoms with Crippen LogP contribution in [0, 0.1) is 6.92 Å². The number of hydrogen-bond acceptors (Lipinski definition) is 7. The first-order valence-corrected chi connectivity index (χ1v) is 8.39. The van der Waals surface area contributed by atoms with Crippen LogP contribution in [-0.4, -0.2) is 50.2 Å². The third-order valence-electron chi connectivity index (χ3n) is 5.16. The van der Waals surface area contributed by atoms with Crippen LogP contribution in [0.25, 0.3) is 0 Å². The number of nitrogens with zero attached hydrogens (tertiary/aromatic N) is 6. The quantitative estimate of drug-likeness (QED) is 0.847. The van der Waals surface area contributed by atoms with Gasteiger partial charge in [-0.05, 0) is 32.3 Å². The number of aryl methyl sites for hydroxylation is 1. The van der Waals surface area contributed by atoms with Crippen molar-refractivity contribution in [3.05, 3.63) is 29.9 Å². The highest BCUT2D eigenvalue weighted by atomic mass is 16.4. The topological polar surface area (TPSA) is 71.2 Å². The Kier molecular flexibility index (Phi) is 2.91. The fourth-order valence-corrected chi connectivity index (χ4v) is 3.73. The Balaban J connectivity index is 1.25. The van der Waals surface area contributed by atoms with Crippen molar-refractivity contribution in [2.75, 3.05) is 18.0 Å². The molecule has 4 aliphatic rings. The van der Waals surface area contributed by atoms with Crippen molar-refractivity contribution >= 4 is 5.82 Å². The Morgan fingerprint density at radius 1 is 1.22 bits per heavy atom. The summed E-state index contributed by atoms with van der Waals surface area (Å²) >= 11 is 0. The van der Waals surface area contributed by atoms with Crippen LogP contribution in [0.15, 0.2) is 16.7 Å². The molecule has 7 heteroatoms. The van der Waals surface area contributed by atoms with E-state index in [1.165, 1.54) is 19.3 Å². The van der Waals surface area contributed by atoms with Crippen molar-refractivity contribution < 1.29 is 4.42 Å². The van der Waals surface area contributed by atoms with E-state index in [2.05, 4.69) is 30.0 Å². The monoisotopic (exact) mass is 312 g/mol. The highest BCUT2D eigenvalue weighted by Gasteiger charge is 2.45. The highest BCUT2D eigenvalue weighted by Crippen LogP contribution is 2.40. The van der Waals surface area contributed by atoms with Gasteiger partial charge in [0.05, 0.1) is 6.54 Å². The van der Waals surface area contributed by atoms with Gasteiger partial charge < -0.3 is 9.32 Å². The predicted octanol–water partition coefficient (Wildman–Crippen LogP) is 1.51. The molecule has 0 radical (unpaired) electrons.